The number of aliphatic hydroxyl groups excluding tert-OH is 1. The monoisotopic (exact) mass is 506 g/mol. The highest BCUT2D eigenvalue weighted by Crippen LogP contribution is 2.34. The number of ketones is 1. The van der Waals surface area contributed by atoms with Gasteiger partial charge in [0.2, 0.25) is 0 Å². The maximum absolute atomic E-state index is 12.3. The Morgan fingerprint density at radius 3 is 2.37 bits per heavy atom. The SMILES string of the molecule is CCCCCC(O)C=CC1CCC(=O)C1CCCCCCC(=O)OC(CO[NH+]([O-])O)CO[NH+]([O-])O. The topological polar surface area (TPSA) is 178 Å². The summed E-state index contributed by atoms with van der Waals surface area (Å²) in [6.45, 7) is 1.09. The van der Waals surface area contributed by atoms with Gasteiger partial charge in [0.25, 0.3) is 0 Å². The second-order valence-electron chi connectivity index (χ2n) is 8.94. The van der Waals surface area contributed by atoms with E-state index in [0.717, 1.165) is 57.8 Å². The summed E-state index contributed by atoms with van der Waals surface area (Å²) in [5.74, 6) is -0.145. The van der Waals surface area contributed by atoms with Gasteiger partial charge in [-0.2, -0.15) is 20.1 Å². The van der Waals surface area contributed by atoms with Gasteiger partial charge in [-0.3, -0.25) is 9.59 Å². The summed E-state index contributed by atoms with van der Waals surface area (Å²) in [6.07, 6.45) is 11.5. The number of ether oxygens (including phenoxy) is 1. The number of unbranched alkanes of at least 4 members (excludes halogenated alkanes) is 5. The number of carbonyl (C=O) groups excluding carboxylic acids is 2. The van der Waals surface area contributed by atoms with E-state index in [0.29, 0.717) is 12.8 Å². The maximum atomic E-state index is 12.3. The van der Waals surface area contributed by atoms with Gasteiger partial charge in [0.1, 0.15) is 5.78 Å². The predicted octanol–water partition coefficient (Wildman–Crippen LogP) is 0.739. The third-order valence-corrected chi connectivity index (χ3v) is 6.07. The van der Waals surface area contributed by atoms with Crippen LogP contribution in [0.2, 0.25) is 0 Å². The molecule has 0 aromatic rings. The molecule has 35 heavy (non-hydrogen) atoms. The highest BCUT2D eigenvalue weighted by atomic mass is 17.1. The van der Waals surface area contributed by atoms with E-state index in [-0.39, 0.29) is 24.0 Å². The largest absolute Gasteiger partial charge is 0.566 e. The summed E-state index contributed by atoms with van der Waals surface area (Å²) in [6, 6.07) is 0. The molecule has 0 aliphatic heterocycles. The summed E-state index contributed by atoms with van der Waals surface area (Å²) in [5.41, 5.74) is 0. The number of hydrogen-bond acceptors (Lipinski definition) is 10. The Bertz CT molecular complexity index is 605. The first-order chi connectivity index (χ1) is 16.7. The molecule has 5 unspecified atom stereocenters. The van der Waals surface area contributed by atoms with Gasteiger partial charge >= 0.3 is 5.97 Å². The molecule has 0 aromatic carbocycles. The molecule has 1 fully saturated rings. The Labute approximate surface area is 206 Å². The molecular weight excluding hydrogens is 464 g/mol. The van der Waals surface area contributed by atoms with Gasteiger partial charge in [-0.1, -0.05) is 68.4 Å². The summed E-state index contributed by atoms with van der Waals surface area (Å²) >= 11 is 0. The highest BCUT2D eigenvalue weighted by Gasteiger charge is 2.32. The molecule has 12 heteroatoms. The minimum atomic E-state index is -1.57. The predicted molar refractivity (Wildman–Crippen MR) is 122 cm³/mol. The number of esters is 1. The lowest BCUT2D eigenvalue weighted by Crippen LogP contribution is -3.04. The second kappa shape index (κ2) is 18.7. The molecule has 0 amide bonds. The highest BCUT2D eigenvalue weighted by molar-refractivity contribution is 5.83. The van der Waals surface area contributed by atoms with Crippen LogP contribution >= 0.6 is 0 Å². The van der Waals surface area contributed by atoms with Crippen LogP contribution in [0.25, 0.3) is 0 Å². The molecule has 0 aromatic heterocycles. The number of carbonyl (C=O) groups is 2. The Hall–Kier alpha value is -1.48. The van der Waals surface area contributed by atoms with Crippen LogP contribution in [0.1, 0.15) is 84.0 Å². The van der Waals surface area contributed by atoms with Gasteiger partial charge in [0.05, 0.1) is 6.10 Å². The summed E-state index contributed by atoms with van der Waals surface area (Å²) < 4.78 is 5.06. The van der Waals surface area contributed by atoms with Crippen LogP contribution in [-0.4, -0.2) is 52.7 Å². The maximum Gasteiger partial charge on any atom is 0.306 e. The fraction of sp³-hybridized carbons (Fsp3) is 0.826. The van der Waals surface area contributed by atoms with E-state index < -0.39 is 42.2 Å². The first-order valence-electron chi connectivity index (χ1n) is 12.5. The zero-order valence-electron chi connectivity index (χ0n) is 20.6. The zero-order chi connectivity index (χ0) is 26.1. The van der Waals surface area contributed by atoms with Gasteiger partial charge < -0.3 is 20.3 Å². The van der Waals surface area contributed by atoms with E-state index in [1.807, 2.05) is 12.2 Å². The molecule has 204 valence electrons. The van der Waals surface area contributed by atoms with Crippen LogP contribution in [0.4, 0.5) is 0 Å². The molecule has 0 bridgehead atoms. The fourth-order valence-electron chi connectivity index (χ4n) is 4.19. The molecule has 5 atom stereocenters. The standard InChI is InChI=1S/C23H42N2O10/c1-2-3-6-9-19(26)14-12-18-13-15-22(27)21(18)10-7-4-5-8-11-23(28)35-20(16-33-24(29)30)17-34-25(31)32/h12,14,18-21,24-26,29,31H,2-11,13,15-17H2,1H3. The van der Waals surface area contributed by atoms with Crippen molar-refractivity contribution < 1.29 is 50.3 Å². The third kappa shape index (κ3) is 15.3. The number of rotatable bonds is 20. The number of quaternary nitrogens is 2. The van der Waals surface area contributed by atoms with E-state index in [1.54, 1.807) is 0 Å². The van der Waals surface area contributed by atoms with Crippen molar-refractivity contribution in [1.29, 1.82) is 0 Å². The molecule has 12 nitrogen and oxygen atoms in total. The molecule has 1 aliphatic carbocycles. The molecule has 0 spiro atoms. The van der Waals surface area contributed by atoms with Gasteiger partial charge in [0.15, 0.2) is 19.3 Å². The van der Waals surface area contributed by atoms with Crippen molar-refractivity contribution in [3.05, 3.63) is 22.6 Å². The van der Waals surface area contributed by atoms with E-state index in [4.69, 9.17) is 15.2 Å². The lowest BCUT2D eigenvalue weighted by Gasteiger charge is -2.19. The number of allylic oxidation sites excluding steroid dienone is 1. The van der Waals surface area contributed by atoms with Crippen molar-refractivity contribution in [1.82, 2.24) is 0 Å². The van der Waals surface area contributed by atoms with E-state index in [9.17, 15) is 25.1 Å². The molecule has 0 saturated heterocycles. The summed E-state index contributed by atoms with van der Waals surface area (Å²) in [4.78, 5) is 32.9. The molecule has 1 rings (SSSR count). The third-order valence-electron chi connectivity index (χ3n) is 6.07. The van der Waals surface area contributed by atoms with E-state index >= 15 is 0 Å². The van der Waals surface area contributed by atoms with Crippen molar-refractivity contribution in [2.75, 3.05) is 13.2 Å². The number of nitrogens with one attached hydrogen (secondary N) is 2. The Kier molecular flexibility index (Phi) is 16.9. The quantitative estimate of drug-likeness (QED) is 0.0684. The molecule has 0 radical (unpaired) electrons. The van der Waals surface area contributed by atoms with E-state index in [1.165, 1.54) is 0 Å². The van der Waals surface area contributed by atoms with Crippen molar-refractivity contribution in [2.45, 2.75) is 96.2 Å². The van der Waals surface area contributed by atoms with Crippen LogP contribution in [0, 0.1) is 22.3 Å². The zero-order valence-corrected chi connectivity index (χ0v) is 20.6. The van der Waals surface area contributed by atoms with Crippen LogP contribution < -0.4 is 10.8 Å². The Morgan fingerprint density at radius 2 is 1.74 bits per heavy atom. The Balaban J connectivity index is 2.28. The number of Topliss-reactive ketones (excluding diaryl/α,β-unsaturated/α-hetero) is 1. The normalized spacial score (nSPS) is 21.8. The molecule has 1 aliphatic rings. The minimum Gasteiger partial charge on any atom is -0.566 e. The molecule has 1 saturated carbocycles. The van der Waals surface area contributed by atoms with E-state index in [2.05, 4.69) is 16.6 Å². The summed E-state index contributed by atoms with van der Waals surface area (Å²) in [7, 11) is 0. The van der Waals surface area contributed by atoms with Crippen molar-refractivity contribution in [3.63, 3.8) is 0 Å². The molecular formula is C23H42N2O10. The van der Waals surface area contributed by atoms with Crippen molar-refractivity contribution in [2.24, 2.45) is 11.8 Å². The average Bonchev–Trinajstić information content (AvgIpc) is 3.15. The van der Waals surface area contributed by atoms with Crippen molar-refractivity contribution >= 4 is 11.8 Å². The van der Waals surface area contributed by atoms with Crippen LogP contribution in [0.3, 0.4) is 0 Å². The van der Waals surface area contributed by atoms with Gasteiger partial charge in [-0.25, -0.2) is 0 Å². The lowest BCUT2D eigenvalue weighted by atomic mass is 9.89. The van der Waals surface area contributed by atoms with Crippen LogP contribution in [0.15, 0.2) is 12.2 Å². The van der Waals surface area contributed by atoms with Gasteiger partial charge in [0, 0.05) is 18.8 Å². The van der Waals surface area contributed by atoms with Crippen LogP contribution in [-0.2, 0) is 24.0 Å². The number of hydrogen-bond donors (Lipinski definition) is 5. The number of aliphatic hydroxyl groups is 1. The van der Waals surface area contributed by atoms with Gasteiger partial charge in [-0.15, -0.1) is 0 Å². The lowest BCUT2D eigenvalue weighted by molar-refractivity contribution is -1.21. The minimum absolute atomic E-state index is 0.0108. The second-order valence-corrected chi connectivity index (χ2v) is 8.94. The first kappa shape index (κ1) is 31.5. The van der Waals surface area contributed by atoms with Crippen molar-refractivity contribution in [3.8, 4) is 0 Å². The molecule has 0 heterocycles. The molecule has 5 N–H and O–H groups in total. The first-order valence-corrected chi connectivity index (χ1v) is 12.5. The van der Waals surface area contributed by atoms with Crippen LogP contribution in [0.5, 0.6) is 0 Å². The fourth-order valence-corrected chi connectivity index (χ4v) is 4.19. The summed E-state index contributed by atoms with van der Waals surface area (Å²) in [5, 5.41) is 45.0. The Morgan fingerprint density at radius 1 is 1.09 bits per heavy atom. The smallest absolute Gasteiger partial charge is 0.306 e. The average molecular weight is 507 g/mol. The van der Waals surface area contributed by atoms with Gasteiger partial charge in [-0.05, 0) is 31.6 Å².